The summed E-state index contributed by atoms with van der Waals surface area (Å²) in [7, 11) is 0. The van der Waals surface area contributed by atoms with E-state index in [1.54, 1.807) is 4.90 Å². The van der Waals surface area contributed by atoms with Crippen molar-refractivity contribution in [2.75, 3.05) is 45.9 Å². The van der Waals surface area contributed by atoms with E-state index < -0.39 is 0 Å². The molecule has 2 N–H and O–H groups in total. The van der Waals surface area contributed by atoms with Crippen LogP contribution in [0.15, 0.2) is 4.99 Å². The van der Waals surface area contributed by atoms with Gasteiger partial charge in [0.2, 0.25) is 5.91 Å². The molecule has 168 valence electrons. The average molecular weight is 523 g/mol. The summed E-state index contributed by atoms with van der Waals surface area (Å²) in [6.07, 6.45) is 6.41. The van der Waals surface area contributed by atoms with Crippen molar-refractivity contribution in [2.45, 2.75) is 64.8 Å². The van der Waals surface area contributed by atoms with Crippen molar-refractivity contribution in [1.82, 2.24) is 20.4 Å². The van der Waals surface area contributed by atoms with Crippen molar-refractivity contribution >= 4 is 41.9 Å². The van der Waals surface area contributed by atoms with Gasteiger partial charge in [-0.05, 0) is 46.0 Å². The van der Waals surface area contributed by atoms with E-state index in [9.17, 15) is 9.59 Å². The Balaban J connectivity index is 0.00000420. The summed E-state index contributed by atoms with van der Waals surface area (Å²) in [4.78, 5) is 32.3. The fourth-order valence-electron chi connectivity index (χ4n) is 3.66. The molecule has 2 rings (SSSR count). The summed E-state index contributed by atoms with van der Waals surface area (Å²) in [6, 6.07) is 0.302. The fourth-order valence-corrected chi connectivity index (χ4v) is 3.66. The SMILES string of the molecule is CCNC(=NCCCN1CCCCCC1=O)NC1CCN(C(=O)OCC)CC1.I. The standard InChI is InChI=1S/C20H37N5O3.HI/c1-3-21-19(22-12-8-14-24-13-7-5-6-9-18(24)26)23-17-10-15-25(16-11-17)20(27)28-4-2;/h17H,3-16H2,1-2H3,(H2,21,22,23);1H. The van der Waals surface area contributed by atoms with Gasteiger partial charge < -0.3 is 25.2 Å². The molecular weight excluding hydrogens is 485 g/mol. The summed E-state index contributed by atoms with van der Waals surface area (Å²) in [6.45, 7) is 8.88. The Morgan fingerprint density at radius 1 is 1.17 bits per heavy atom. The van der Waals surface area contributed by atoms with Crippen LogP contribution >= 0.6 is 24.0 Å². The number of carbonyl (C=O) groups excluding carboxylic acids is 2. The van der Waals surface area contributed by atoms with E-state index in [0.717, 1.165) is 64.1 Å². The highest BCUT2D eigenvalue weighted by Gasteiger charge is 2.24. The predicted octanol–water partition coefficient (Wildman–Crippen LogP) is 2.57. The molecule has 2 saturated heterocycles. The van der Waals surface area contributed by atoms with Crippen molar-refractivity contribution in [3.8, 4) is 0 Å². The second-order valence-corrected chi connectivity index (χ2v) is 7.41. The van der Waals surface area contributed by atoms with Gasteiger partial charge in [0, 0.05) is 51.7 Å². The molecule has 8 nitrogen and oxygen atoms in total. The van der Waals surface area contributed by atoms with Crippen molar-refractivity contribution < 1.29 is 14.3 Å². The first-order valence-corrected chi connectivity index (χ1v) is 10.9. The molecule has 2 heterocycles. The molecule has 0 unspecified atom stereocenters. The highest BCUT2D eigenvalue weighted by atomic mass is 127. The highest BCUT2D eigenvalue weighted by molar-refractivity contribution is 14.0. The van der Waals surface area contributed by atoms with Gasteiger partial charge in [0.1, 0.15) is 0 Å². The maximum absolute atomic E-state index is 12.1. The van der Waals surface area contributed by atoms with Crippen LogP contribution in [-0.2, 0) is 9.53 Å². The molecule has 2 aliphatic rings. The lowest BCUT2D eigenvalue weighted by Gasteiger charge is -2.32. The summed E-state index contributed by atoms with van der Waals surface area (Å²) in [5, 5.41) is 6.78. The average Bonchev–Trinajstić information content (AvgIpc) is 2.90. The Morgan fingerprint density at radius 3 is 2.62 bits per heavy atom. The predicted molar refractivity (Wildman–Crippen MR) is 126 cm³/mol. The number of hydrogen-bond acceptors (Lipinski definition) is 4. The van der Waals surface area contributed by atoms with E-state index in [1.807, 2.05) is 11.8 Å². The van der Waals surface area contributed by atoms with Crippen LogP contribution in [0.25, 0.3) is 0 Å². The third-order valence-corrected chi connectivity index (χ3v) is 5.23. The number of amides is 2. The van der Waals surface area contributed by atoms with Crippen LogP contribution in [0.5, 0.6) is 0 Å². The van der Waals surface area contributed by atoms with Gasteiger partial charge in [-0.1, -0.05) is 6.42 Å². The molecule has 2 fully saturated rings. The third kappa shape index (κ3) is 9.39. The normalized spacial score (nSPS) is 18.7. The number of halogens is 1. The van der Waals surface area contributed by atoms with Gasteiger partial charge in [-0.15, -0.1) is 24.0 Å². The number of piperidine rings is 1. The molecule has 0 aromatic carbocycles. The number of likely N-dealkylation sites (tertiary alicyclic amines) is 2. The molecule has 9 heteroatoms. The first-order valence-electron chi connectivity index (χ1n) is 10.9. The molecule has 0 spiro atoms. The zero-order chi connectivity index (χ0) is 20.2. The number of nitrogens with one attached hydrogen (secondary N) is 2. The minimum Gasteiger partial charge on any atom is -0.450 e. The van der Waals surface area contributed by atoms with Crippen molar-refractivity contribution in [3.63, 3.8) is 0 Å². The minimum absolute atomic E-state index is 0. The molecule has 2 amide bonds. The van der Waals surface area contributed by atoms with Gasteiger partial charge in [-0.3, -0.25) is 9.79 Å². The van der Waals surface area contributed by atoms with E-state index in [0.29, 0.717) is 44.6 Å². The Morgan fingerprint density at radius 2 is 1.93 bits per heavy atom. The van der Waals surface area contributed by atoms with E-state index in [1.165, 1.54) is 0 Å². The van der Waals surface area contributed by atoms with E-state index in [2.05, 4.69) is 22.5 Å². The van der Waals surface area contributed by atoms with Crippen LogP contribution in [-0.4, -0.2) is 79.7 Å². The summed E-state index contributed by atoms with van der Waals surface area (Å²) in [5.41, 5.74) is 0. The van der Waals surface area contributed by atoms with Crippen LogP contribution in [0.2, 0.25) is 0 Å². The van der Waals surface area contributed by atoms with Crippen LogP contribution in [0.1, 0.15) is 58.8 Å². The molecule has 0 saturated carbocycles. The van der Waals surface area contributed by atoms with Crippen LogP contribution in [0.4, 0.5) is 4.79 Å². The minimum atomic E-state index is -0.218. The van der Waals surface area contributed by atoms with Crippen molar-refractivity contribution in [1.29, 1.82) is 0 Å². The lowest BCUT2D eigenvalue weighted by molar-refractivity contribution is -0.130. The Labute approximate surface area is 192 Å². The second-order valence-electron chi connectivity index (χ2n) is 7.41. The Bertz CT molecular complexity index is 524. The topological polar surface area (TPSA) is 86.3 Å². The van der Waals surface area contributed by atoms with Crippen molar-refractivity contribution in [2.24, 2.45) is 4.99 Å². The summed E-state index contributed by atoms with van der Waals surface area (Å²) in [5.74, 6) is 1.11. The van der Waals surface area contributed by atoms with Gasteiger partial charge >= 0.3 is 6.09 Å². The summed E-state index contributed by atoms with van der Waals surface area (Å²) < 4.78 is 5.07. The smallest absolute Gasteiger partial charge is 0.409 e. The Hall–Kier alpha value is -1.26. The molecular formula is C20H38IN5O3. The summed E-state index contributed by atoms with van der Waals surface area (Å²) >= 11 is 0. The molecule has 0 aromatic heterocycles. The molecule has 0 atom stereocenters. The Kier molecular flexibility index (Phi) is 13.0. The van der Waals surface area contributed by atoms with Gasteiger partial charge in [0.05, 0.1) is 6.61 Å². The van der Waals surface area contributed by atoms with Gasteiger partial charge in [-0.25, -0.2) is 4.79 Å². The van der Waals surface area contributed by atoms with Gasteiger partial charge in [0.25, 0.3) is 0 Å². The maximum atomic E-state index is 12.1. The number of guanidine groups is 1. The fraction of sp³-hybridized carbons (Fsp3) is 0.850. The van der Waals surface area contributed by atoms with Gasteiger partial charge in [-0.2, -0.15) is 0 Å². The lowest BCUT2D eigenvalue weighted by Crippen LogP contribution is -2.50. The number of hydrogen-bond donors (Lipinski definition) is 2. The van der Waals surface area contributed by atoms with E-state index >= 15 is 0 Å². The molecule has 2 aliphatic heterocycles. The zero-order valence-electron chi connectivity index (χ0n) is 18.0. The van der Waals surface area contributed by atoms with Crippen LogP contribution < -0.4 is 10.6 Å². The first kappa shape index (κ1) is 25.8. The molecule has 0 aliphatic carbocycles. The van der Waals surface area contributed by atoms with Crippen molar-refractivity contribution in [3.05, 3.63) is 0 Å². The number of ether oxygens (including phenoxy) is 1. The number of rotatable bonds is 7. The first-order chi connectivity index (χ1) is 13.6. The molecule has 0 aromatic rings. The zero-order valence-corrected chi connectivity index (χ0v) is 20.3. The van der Waals surface area contributed by atoms with Crippen LogP contribution in [0, 0.1) is 0 Å². The quantitative estimate of drug-likeness (QED) is 0.232. The van der Waals surface area contributed by atoms with E-state index in [4.69, 9.17) is 4.74 Å². The molecule has 0 radical (unpaired) electrons. The van der Waals surface area contributed by atoms with E-state index in [-0.39, 0.29) is 30.1 Å². The number of aliphatic imine (C=N–C) groups is 1. The van der Waals surface area contributed by atoms with Crippen LogP contribution in [0.3, 0.4) is 0 Å². The number of nitrogens with zero attached hydrogens (tertiary/aromatic N) is 3. The second kappa shape index (κ2) is 14.7. The third-order valence-electron chi connectivity index (χ3n) is 5.23. The lowest BCUT2D eigenvalue weighted by atomic mass is 10.1. The highest BCUT2D eigenvalue weighted by Crippen LogP contribution is 2.12. The monoisotopic (exact) mass is 523 g/mol. The maximum Gasteiger partial charge on any atom is 0.409 e. The largest absolute Gasteiger partial charge is 0.450 e. The van der Waals surface area contributed by atoms with Gasteiger partial charge in [0.15, 0.2) is 5.96 Å². The molecule has 29 heavy (non-hydrogen) atoms. The number of carbonyl (C=O) groups is 2. The molecule has 0 bridgehead atoms.